The Balaban J connectivity index is 2.56. The number of hydrogen-bond acceptors (Lipinski definition) is 2. The van der Waals surface area contributed by atoms with Gasteiger partial charge in [-0.3, -0.25) is 4.79 Å². The lowest BCUT2D eigenvalue weighted by Gasteiger charge is -1.98. The molecule has 0 bridgehead atoms. The lowest BCUT2D eigenvalue weighted by atomic mass is 10.1. The van der Waals surface area contributed by atoms with Gasteiger partial charge in [0.2, 0.25) is 5.78 Å². The van der Waals surface area contributed by atoms with Gasteiger partial charge in [0, 0.05) is 11.3 Å². The first-order valence-electron chi connectivity index (χ1n) is 5.54. The van der Waals surface area contributed by atoms with Crippen molar-refractivity contribution in [1.82, 2.24) is 0 Å². The molecule has 1 aromatic carbocycles. The normalized spacial score (nSPS) is 11.3. The molecule has 0 radical (unpaired) electrons. The zero-order valence-electron chi connectivity index (χ0n) is 10.1. The first-order valence-corrected chi connectivity index (χ1v) is 5.54. The van der Waals surface area contributed by atoms with Crippen molar-refractivity contribution in [3.63, 3.8) is 0 Å². The van der Waals surface area contributed by atoms with Crippen LogP contribution < -0.4 is 0 Å². The lowest BCUT2D eigenvalue weighted by Crippen LogP contribution is -2.05. The second-order valence-corrected chi connectivity index (χ2v) is 4.60. The Morgan fingerprint density at radius 1 is 1.12 bits per heavy atom. The van der Waals surface area contributed by atoms with E-state index in [2.05, 4.69) is 13.0 Å². The highest BCUT2D eigenvalue weighted by atomic mass is 16.3. The Hall–Kier alpha value is -1.57. The summed E-state index contributed by atoms with van der Waals surface area (Å²) < 4.78 is 5.58. The highest BCUT2D eigenvalue weighted by Gasteiger charge is 2.15. The molecule has 16 heavy (non-hydrogen) atoms. The largest absolute Gasteiger partial charge is 0.453 e. The lowest BCUT2D eigenvalue weighted by molar-refractivity contribution is 0.0913. The Kier molecular flexibility index (Phi) is 2.58. The summed E-state index contributed by atoms with van der Waals surface area (Å²) >= 11 is 0. The molecular formula is C14H16O2. The van der Waals surface area contributed by atoms with Gasteiger partial charge in [-0.05, 0) is 43.2 Å². The van der Waals surface area contributed by atoms with E-state index in [4.69, 9.17) is 4.42 Å². The summed E-state index contributed by atoms with van der Waals surface area (Å²) in [5.41, 5.74) is 3.20. The molecule has 2 aromatic rings. The Bertz CT molecular complexity index is 508. The van der Waals surface area contributed by atoms with Gasteiger partial charge in [-0.25, -0.2) is 0 Å². The fraction of sp³-hybridized carbons (Fsp3) is 0.357. The standard InChI is InChI=1S/C14H16O2/c1-8(2)14(15)13-7-11-5-9(3)10(4)6-12(11)16-13/h5-8H,1-4H3. The monoisotopic (exact) mass is 216 g/mol. The van der Waals surface area contributed by atoms with Gasteiger partial charge in [0.05, 0.1) is 0 Å². The highest BCUT2D eigenvalue weighted by molar-refractivity contribution is 5.98. The van der Waals surface area contributed by atoms with E-state index in [0.29, 0.717) is 5.76 Å². The predicted molar refractivity (Wildman–Crippen MR) is 64.9 cm³/mol. The van der Waals surface area contributed by atoms with E-state index in [9.17, 15) is 4.79 Å². The Labute approximate surface area is 95.3 Å². The van der Waals surface area contributed by atoms with Crippen molar-refractivity contribution in [3.05, 3.63) is 35.1 Å². The van der Waals surface area contributed by atoms with Gasteiger partial charge in [0.15, 0.2) is 5.76 Å². The van der Waals surface area contributed by atoms with Gasteiger partial charge in [-0.15, -0.1) is 0 Å². The minimum atomic E-state index is -0.0252. The van der Waals surface area contributed by atoms with Gasteiger partial charge in [0.1, 0.15) is 5.58 Å². The fourth-order valence-electron chi connectivity index (χ4n) is 1.71. The van der Waals surface area contributed by atoms with Gasteiger partial charge in [0.25, 0.3) is 0 Å². The van der Waals surface area contributed by atoms with Crippen LogP contribution in [-0.2, 0) is 0 Å². The summed E-state index contributed by atoms with van der Waals surface area (Å²) in [6, 6.07) is 5.89. The zero-order valence-corrected chi connectivity index (χ0v) is 10.1. The molecule has 0 atom stereocenters. The van der Waals surface area contributed by atoms with E-state index in [-0.39, 0.29) is 11.7 Å². The summed E-state index contributed by atoms with van der Waals surface area (Å²) in [6.45, 7) is 7.87. The summed E-state index contributed by atoms with van der Waals surface area (Å²) in [4.78, 5) is 11.8. The van der Waals surface area contributed by atoms with E-state index in [1.807, 2.05) is 32.9 Å². The van der Waals surface area contributed by atoms with Crippen LogP contribution in [-0.4, -0.2) is 5.78 Å². The third-order valence-corrected chi connectivity index (χ3v) is 2.90. The SMILES string of the molecule is Cc1cc2cc(C(=O)C(C)C)oc2cc1C. The summed E-state index contributed by atoms with van der Waals surface area (Å²) in [5, 5.41) is 1.01. The average molecular weight is 216 g/mol. The van der Waals surface area contributed by atoms with Crippen molar-refractivity contribution in [1.29, 1.82) is 0 Å². The van der Waals surface area contributed by atoms with E-state index >= 15 is 0 Å². The number of Topliss-reactive ketones (excluding diaryl/α,β-unsaturated/α-hetero) is 1. The molecule has 0 spiro atoms. The third kappa shape index (κ3) is 1.75. The molecular weight excluding hydrogens is 200 g/mol. The number of aryl methyl sites for hydroxylation is 2. The maximum Gasteiger partial charge on any atom is 0.200 e. The Morgan fingerprint density at radius 3 is 2.38 bits per heavy atom. The topological polar surface area (TPSA) is 30.2 Å². The zero-order chi connectivity index (χ0) is 11.9. The molecule has 0 unspecified atom stereocenters. The molecule has 0 saturated heterocycles. The molecule has 2 nitrogen and oxygen atoms in total. The van der Waals surface area contributed by atoms with E-state index in [0.717, 1.165) is 11.0 Å². The number of ketones is 1. The molecule has 2 rings (SSSR count). The summed E-state index contributed by atoms with van der Waals surface area (Å²) in [7, 11) is 0. The number of furan rings is 1. The summed E-state index contributed by atoms with van der Waals surface area (Å²) in [6.07, 6.45) is 0. The van der Waals surface area contributed by atoms with Gasteiger partial charge in [-0.2, -0.15) is 0 Å². The number of rotatable bonds is 2. The first-order chi connectivity index (χ1) is 7.49. The van der Waals surface area contributed by atoms with Gasteiger partial charge >= 0.3 is 0 Å². The van der Waals surface area contributed by atoms with Gasteiger partial charge < -0.3 is 4.42 Å². The van der Waals surface area contributed by atoms with Crippen molar-refractivity contribution in [2.75, 3.05) is 0 Å². The van der Waals surface area contributed by atoms with Crippen molar-refractivity contribution in [3.8, 4) is 0 Å². The number of carbonyl (C=O) groups excluding carboxylic acids is 1. The van der Waals surface area contributed by atoms with Crippen molar-refractivity contribution in [2.45, 2.75) is 27.7 Å². The van der Waals surface area contributed by atoms with Crippen molar-refractivity contribution < 1.29 is 9.21 Å². The van der Waals surface area contributed by atoms with Crippen LogP contribution in [0.4, 0.5) is 0 Å². The van der Waals surface area contributed by atoms with E-state index in [1.54, 1.807) is 0 Å². The Morgan fingerprint density at radius 2 is 1.75 bits per heavy atom. The van der Waals surface area contributed by atoms with E-state index < -0.39 is 0 Å². The van der Waals surface area contributed by atoms with Crippen LogP contribution >= 0.6 is 0 Å². The van der Waals surface area contributed by atoms with Crippen LogP contribution in [0.15, 0.2) is 22.6 Å². The molecule has 0 N–H and O–H groups in total. The van der Waals surface area contributed by atoms with E-state index in [1.165, 1.54) is 11.1 Å². The van der Waals surface area contributed by atoms with Crippen LogP contribution in [0, 0.1) is 19.8 Å². The first kappa shape index (κ1) is 10.9. The molecule has 0 amide bonds. The molecule has 1 heterocycles. The average Bonchev–Trinajstić information content (AvgIpc) is 2.60. The number of hydrogen-bond donors (Lipinski definition) is 0. The minimum Gasteiger partial charge on any atom is -0.453 e. The second kappa shape index (κ2) is 3.78. The molecule has 1 aromatic heterocycles. The molecule has 2 heteroatoms. The molecule has 0 aliphatic carbocycles. The smallest absolute Gasteiger partial charge is 0.200 e. The molecule has 0 saturated carbocycles. The van der Waals surface area contributed by atoms with Crippen LogP contribution in [0.3, 0.4) is 0 Å². The highest BCUT2D eigenvalue weighted by Crippen LogP contribution is 2.24. The fourth-order valence-corrected chi connectivity index (χ4v) is 1.71. The molecule has 0 fully saturated rings. The van der Waals surface area contributed by atoms with Crippen molar-refractivity contribution in [2.24, 2.45) is 5.92 Å². The van der Waals surface area contributed by atoms with Crippen LogP contribution in [0.5, 0.6) is 0 Å². The molecule has 84 valence electrons. The van der Waals surface area contributed by atoms with Crippen LogP contribution in [0.1, 0.15) is 35.5 Å². The predicted octanol–water partition coefficient (Wildman–Crippen LogP) is 3.89. The quantitative estimate of drug-likeness (QED) is 0.713. The van der Waals surface area contributed by atoms with Gasteiger partial charge in [-0.1, -0.05) is 13.8 Å². The third-order valence-electron chi connectivity index (χ3n) is 2.90. The molecule has 0 aliphatic rings. The second-order valence-electron chi connectivity index (χ2n) is 4.60. The number of fused-ring (bicyclic) bond motifs is 1. The van der Waals surface area contributed by atoms with Crippen LogP contribution in [0.2, 0.25) is 0 Å². The number of carbonyl (C=O) groups is 1. The maximum absolute atomic E-state index is 11.8. The molecule has 0 aliphatic heterocycles. The summed E-state index contributed by atoms with van der Waals surface area (Å²) in [5.74, 6) is 0.504. The van der Waals surface area contributed by atoms with Crippen molar-refractivity contribution >= 4 is 16.8 Å². The number of benzene rings is 1. The maximum atomic E-state index is 11.8. The van der Waals surface area contributed by atoms with Crippen LogP contribution in [0.25, 0.3) is 11.0 Å². The minimum absolute atomic E-state index is 0.0252.